The van der Waals surface area contributed by atoms with Crippen molar-refractivity contribution in [3.8, 4) is 0 Å². The fourth-order valence-corrected chi connectivity index (χ4v) is 4.73. The molecule has 0 amide bonds. The van der Waals surface area contributed by atoms with Crippen molar-refractivity contribution in [1.29, 1.82) is 0 Å². The van der Waals surface area contributed by atoms with Gasteiger partial charge in [0.25, 0.3) is 0 Å². The summed E-state index contributed by atoms with van der Waals surface area (Å²) >= 11 is 3.15. The van der Waals surface area contributed by atoms with Gasteiger partial charge in [0.05, 0.1) is 24.3 Å². The molecule has 0 N–H and O–H groups in total. The lowest BCUT2D eigenvalue weighted by Crippen LogP contribution is -2.23. The van der Waals surface area contributed by atoms with Gasteiger partial charge in [-0.15, -0.1) is 0 Å². The summed E-state index contributed by atoms with van der Waals surface area (Å²) in [6.45, 7) is 1.55. The average Bonchev–Trinajstić information content (AvgIpc) is 3.49. The molecule has 0 aliphatic carbocycles. The summed E-state index contributed by atoms with van der Waals surface area (Å²) in [6.07, 6.45) is 7.96. The zero-order chi connectivity index (χ0) is 24.3. The fraction of sp³-hybridized carbons (Fsp3) is 0.357. The highest BCUT2D eigenvalue weighted by atomic mass is 32.1. The van der Waals surface area contributed by atoms with Crippen LogP contribution >= 0.6 is 22.7 Å². The summed E-state index contributed by atoms with van der Waals surface area (Å²) in [5, 5.41) is 23.0. The van der Waals surface area contributed by atoms with E-state index in [4.69, 9.17) is 4.74 Å². The van der Waals surface area contributed by atoms with Crippen LogP contribution in [0, 0.1) is 0 Å². The highest BCUT2D eigenvalue weighted by Gasteiger charge is 2.08. The van der Waals surface area contributed by atoms with E-state index in [2.05, 4.69) is 44.7 Å². The predicted molar refractivity (Wildman–Crippen MR) is 153 cm³/mol. The summed E-state index contributed by atoms with van der Waals surface area (Å²) in [7, 11) is 3.93. The van der Waals surface area contributed by atoms with Crippen molar-refractivity contribution in [1.82, 2.24) is 0 Å². The minimum Gasteiger partial charge on any atom is -0.381 e. The molecule has 0 spiro atoms. The van der Waals surface area contributed by atoms with Crippen LogP contribution in [0.15, 0.2) is 92.1 Å². The summed E-state index contributed by atoms with van der Waals surface area (Å²) in [5.74, 6) is 0. The number of ether oxygens (including phenoxy) is 1. The van der Waals surface area contributed by atoms with E-state index >= 15 is 0 Å². The van der Waals surface area contributed by atoms with E-state index in [1.54, 1.807) is 22.7 Å². The van der Waals surface area contributed by atoms with Crippen molar-refractivity contribution in [2.45, 2.75) is 40.5 Å². The first-order valence-corrected chi connectivity index (χ1v) is 13.4. The Kier molecular flexibility index (Phi) is 12.9. The average molecular weight is 539 g/mol. The van der Waals surface area contributed by atoms with E-state index in [0.29, 0.717) is 0 Å². The molecule has 4 rings (SSSR count). The Hall–Kier alpha value is -3.14. The molecule has 0 fully saturated rings. The molecule has 0 aliphatic rings. The molecule has 4 aromatic rings. The van der Waals surface area contributed by atoms with E-state index in [-0.39, 0.29) is 14.9 Å². The molecule has 0 unspecified atom stereocenters. The molecule has 0 radical (unpaired) electrons. The molecule has 37 heavy (non-hydrogen) atoms. The van der Waals surface area contributed by atoms with E-state index in [9.17, 15) is 0 Å². The zero-order valence-electron chi connectivity index (χ0n) is 20.1. The number of nitrogens with zero attached hydrogens (tertiary/aromatic N) is 6. The number of aromatic nitrogens is 2. The van der Waals surface area contributed by atoms with Crippen molar-refractivity contribution in [2.24, 2.45) is 34.6 Å². The van der Waals surface area contributed by atoms with Crippen molar-refractivity contribution in [3.63, 3.8) is 0 Å². The second-order valence-corrected chi connectivity index (χ2v) is 9.89. The molecule has 0 saturated heterocycles. The van der Waals surface area contributed by atoms with Crippen molar-refractivity contribution >= 4 is 44.3 Å². The van der Waals surface area contributed by atoms with E-state index < -0.39 is 0 Å². The fourth-order valence-electron chi connectivity index (χ4n) is 3.37. The lowest BCUT2D eigenvalue weighted by Gasteiger charge is -2.05. The monoisotopic (exact) mass is 538 g/mol. The maximum atomic E-state index is 5.84. The quantitative estimate of drug-likeness (QED) is 0.102. The molecule has 0 bridgehead atoms. The molecular weight excluding hydrogens is 500 g/mol. The van der Waals surface area contributed by atoms with Crippen LogP contribution in [0.1, 0.15) is 38.8 Å². The van der Waals surface area contributed by atoms with Gasteiger partial charge >= 0.3 is 10.3 Å². The largest absolute Gasteiger partial charge is 0.408 e. The minimum absolute atomic E-state index is 0. The number of benzene rings is 2. The summed E-state index contributed by atoms with van der Waals surface area (Å²) in [4.78, 5) is 0. The smallest absolute Gasteiger partial charge is 0.381 e. The summed E-state index contributed by atoms with van der Waals surface area (Å²) < 4.78 is 9.75. The second kappa shape index (κ2) is 15.9. The summed E-state index contributed by atoms with van der Waals surface area (Å²) in [5.41, 5.74) is 4.32. The Bertz CT molecular complexity index is 1150. The lowest BCUT2D eigenvalue weighted by molar-refractivity contribution is -0.654. The van der Waals surface area contributed by atoms with Crippen LogP contribution in [0.4, 0.5) is 21.6 Å². The number of azo groups is 2. The molecule has 0 atom stereocenters. The number of hydrogen-bond donors (Lipinski definition) is 0. The first-order chi connectivity index (χ1) is 17.2. The van der Waals surface area contributed by atoms with Crippen LogP contribution in [-0.4, -0.2) is 13.2 Å². The molecule has 2 aromatic heterocycles. The predicted octanol–water partition coefficient (Wildman–Crippen LogP) is 8.14. The molecule has 0 aliphatic heterocycles. The van der Waals surface area contributed by atoms with E-state index in [0.717, 1.165) is 60.5 Å². The lowest BCUT2D eigenvalue weighted by atomic mass is 10.1. The number of rotatable bonds is 12. The first kappa shape index (κ1) is 30.1. The van der Waals surface area contributed by atoms with Crippen LogP contribution < -0.4 is 9.13 Å². The second-order valence-electron chi connectivity index (χ2n) is 8.15. The Labute approximate surface area is 228 Å². The van der Waals surface area contributed by atoms with Crippen LogP contribution in [0.3, 0.4) is 0 Å². The molecule has 7 nitrogen and oxygen atoms in total. The standard InChI is InChI=1S/C26H30N6OS2.2CH4/c1-31-15-19-34-25(31)29-27-23-11-7-21(8-12-23)5-3-17-33-18-4-6-22-9-13-24(14-10-22)28-30-26-32(2)16-20-35-26;;/h7-16,19-20H,3-6,17-18H2,1-2H3;2*1H4/q+2;;. The Morgan fingerprint density at radius 1 is 0.622 bits per heavy atom. The van der Waals surface area contributed by atoms with Gasteiger partial charge in [0.15, 0.2) is 0 Å². The zero-order valence-corrected chi connectivity index (χ0v) is 21.7. The number of thiazole rings is 2. The maximum absolute atomic E-state index is 5.84. The van der Waals surface area contributed by atoms with Crippen LogP contribution in [0.25, 0.3) is 0 Å². The third kappa shape index (κ3) is 9.68. The molecule has 2 heterocycles. The van der Waals surface area contributed by atoms with Crippen molar-refractivity contribution < 1.29 is 13.9 Å². The molecular formula is C28H38N6OS2+2. The van der Waals surface area contributed by atoms with E-state index in [1.807, 2.05) is 70.6 Å². The van der Waals surface area contributed by atoms with Crippen molar-refractivity contribution in [2.75, 3.05) is 13.2 Å². The third-order valence-corrected chi connectivity index (χ3v) is 7.08. The maximum Gasteiger partial charge on any atom is 0.408 e. The SMILES string of the molecule is C.C.C[n+]1ccsc1N=Nc1ccc(CCCOCCCc2ccc(N=Nc3scc[n+]3C)cc2)cc1. The van der Waals surface area contributed by atoms with Crippen LogP contribution in [0.2, 0.25) is 0 Å². The Balaban J connectivity index is 0.00000241. The van der Waals surface area contributed by atoms with Gasteiger partial charge in [-0.3, -0.25) is 0 Å². The number of aryl methyl sites for hydroxylation is 4. The Morgan fingerprint density at radius 3 is 1.38 bits per heavy atom. The van der Waals surface area contributed by atoms with Gasteiger partial charge in [0.2, 0.25) is 0 Å². The van der Waals surface area contributed by atoms with Gasteiger partial charge in [-0.2, -0.15) is 0 Å². The molecule has 2 aromatic carbocycles. The normalized spacial score (nSPS) is 11.1. The summed E-state index contributed by atoms with van der Waals surface area (Å²) in [6, 6.07) is 16.5. The number of hydrogen-bond acceptors (Lipinski definition) is 7. The first-order valence-electron chi connectivity index (χ1n) is 11.6. The van der Waals surface area contributed by atoms with Gasteiger partial charge in [-0.1, -0.05) is 39.1 Å². The van der Waals surface area contributed by atoms with Gasteiger partial charge < -0.3 is 4.74 Å². The van der Waals surface area contributed by atoms with Crippen molar-refractivity contribution in [3.05, 3.63) is 82.8 Å². The highest BCUT2D eigenvalue weighted by molar-refractivity contribution is 7.13. The topological polar surface area (TPSA) is 66.4 Å². The van der Waals surface area contributed by atoms with Gasteiger partial charge in [-0.25, -0.2) is 9.13 Å². The molecule has 196 valence electrons. The van der Waals surface area contributed by atoms with Gasteiger partial charge in [0.1, 0.15) is 23.8 Å². The minimum atomic E-state index is 0. The van der Waals surface area contributed by atoms with Crippen LogP contribution in [0.5, 0.6) is 0 Å². The molecule has 0 saturated carbocycles. The third-order valence-electron chi connectivity index (χ3n) is 5.40. The van der Waals surface area contributed by atoms with Crippen LogP contribution in [-0.2, 0) is 31.7 Å². The van der Waals surface area contributed by atoms with E-state index in [1.165, 1.54) is 11.1 Å². The highest BCUT2D eigenvalue weighted by Crippen LogP contribution is 2.21. The molecule has 9 heteroatoms. The Morgan fingerprint density at radius 2 is 1.03 bits per heavy atom. The van der Waals surface area contributed by atoms with Gasteiger partial charge in [-0.05, 0) is 94.0 Å². The van der Waals surface area contributed by atoms with Gasteiger partial charge in [0, 0.05) is 24.0 Å².